The van der Waals surface area contributed by atoms with E-state index in [0.29, 0.717) is 0 Å². The van der Waals surface area contributed by atoms with E-state index in [9.17, 15) is 9.59 Å². The summed E-state index contributed by atoms with van der Waals surface area (Å²) in [6.07, 6.45) is -0.0141. The molecule has 58 valence electrons. The van der Waals surface area contributed by atoms with Crippen LogP contribution in [0.1, 0.15) is 6.42 Å². The number of hydrogen-bond donors (Lipinski definition) is 1. The molecule has 0 bridgehead atoms. The number of aliphatic carboxylic acids is 1. The highest BCUT2D eigenvalue weighted by Crippen LogP contribution is 2.05. The number of carboxylic acid groups (broad SMARTS) is 1. The van der Waals surface area contributed by atoms with Crippen LogP contribution in [0.3, 0.4) is 0 Å². The molecular formula is C5H8O4S. The van der Waals surface area contributed by atoms with E-state index in [4.69, 9.17) is 5.11 Å². The highest BCUT2D eigenvalue weighted by molar-refractivity contribution is 8.13. The van der Waals surface area contributed by atoms with Crippen LogP contribution >= 0.6 is 11.8 Å². The van der Waals surface area contributed by atoms with E-state index in [0.717, 1.165) is 11.8 Å². The highest BCUT2D eigenvalue weighted by Gasteiger charge is 2.02. The summed E-state index contributed by atoms with van der Waals surface area (Å²) in [5.74, 6) is -0.640. The third-order valence-electron chi connectivity index (χ3n) is 0.703. The minimum atomic E-state index is -0.906. The normalized spacial score (nSPS) is 8.90. The van der Waals surface area contributed by atoms with E-state index >= 15 is 0 Å². The molecule has 0 fully saturated rings. The van der Waals surface area contributed by atoms with Gasteiger partial charge in [-0.3, -0.25) is 4.79 Å². The second kappa shape index (κ2) is 5.10. The van der Waals surface area contributed by atoms with E-state index in [1.807, 2.05) is 0 Å². The number of carboxylic acids is 1. The lowest BCUT2D eigenvalue weighted by molar-refractivity contribution is -0.136. The monoisotopic (exact) mass is 164 g/mol. The Morgan fingerprint density at radius 2 is 2.20 bits per heavy atom. The van der Waals surface area contributed by atoms with Gasteiger partial charge in [-0.15, -0.1) is 0 Å². The summed E-state index contributed by atoms with van der Waals surface area (Å²) in [5, 5.41) is 7.69. The molecule has 10 heavy (non-hydrogen) atoms. The lowest BCUT2D eigenvalue weighted by Gasteiger charge is -1.94. The minimum absolute atomic E-state index is 0.0141. The van der Waals surface area contributed by atoms with Crippen molar-refractivity contribution in [3.63, 3.8) is 0 Å². The summed E-state index contributed by atoms with van der Waals surface area (Å²) < 4.78 is 4.26. The summed E-state index contributed by atoms with van der Waals surface area (Å²) in [6.45, 7) is 0. The molecule has 0 atom stereocenters. The predicted octanol–water partition coefficient (Wildman–Crippen LogP) is 0.961. The molecule has 0 aromatic carbocycles. The van der Waals surface area contributed by atoms with Crippen molar-refractivity contribution >= 4 is 23.0 Å². The van der Waals surface area contributed by atoms with Crippen molar-refractivity contribution in [3.05, 3.63) is 0 Å². The van der Waals surface area contributed by atoms with Crippen LogP contribution in [0.25, 0.3) is 0 Å². The molecule has 0 aliphatic rings. The molecule has 1 N–H and O–H groups in total. The largest absolute Gasteiger partial charge is 0.481 e. The molecule has 0 aliphatic heterocycles. The number of thioether (sulfide) groups is 1. The molecule has 0 saturated heterocycles. The Hall–Kier alpha value is -0.710. The summed E-state index contributed by atoms with van der Waals surface area (Å²) in [4.78, 5) is 20.2. The van der Waals surface area contributed by atoms with Crippen LogP contribution in [0.15, 0.2) is 0 Å². The first-order valence-corrected chi connectivity index (χ1v) is 3.58. The number of rotatable bonds is 3. The molecule has 0 spiro atoms. The van der Waals surface area contributed by atoms with Gasteiger partial charge in [0.25, 0.3) is 0 Å². The molecule has 0 aromatic rings. The second-order valence-electron chi connectivity index (χ2n) is 1.45. The second-order valence-corrected chi connectivity index (χ2v) is 2.48. The standard InChI is InChI=1S/C5H8O4S/c1-9-5(8)10-3-2-4(6)7/h2-3H2,1H3,(H,6,7). The summed E-state index contributed by atoms with van der Waals surface area (Å²) >= 11 is 0.863. The Labute approximate surface area is 62.6 Å². The zero-order valence-corrected chi connectivity index (χ0v) is 6.31. The Bertz CT molecular complexity index is 134. The van der Waals surface area contributed by atoms with Crippen molar-refractivity contribution in [1.29, 1.82) is 0 Å². The highest BCUT2D eigenvalue weighted by atomic mass is 32.2. The fourth-order valence-electron chi connectivity index (χ4n) is 0.281. The van der Waals surface area contributed by atoms with Crippen molar-refractivity contribution in [3.8, 4) is 0 Å². The smallest absolute Gasteiger partial charge is 0.367 e. The van der Waals surface area contributed by atoms with Gasteiger partial charge < -0.3 is 9.84 Å². The Morgan fingerprint density at radius 1 is 1.60 bits per heavy atom. The van der Waals surface area contributed by atoms with Gasteiger partial charge in [0.1, 0.15) is 0 Å². The number of carbonyl (C=O) groups excluding carboxylic acids is 1. The summed E-state index contributed by atoms with van der Waals surface area (Å²) in [5.41, 5.74) is 0. The first-order valence-electron chi connectivity index (χ1n) is 2.59. The maximum Gasteiger partial charge on any atom is 0.367 e. The Balaban J connectivity index is 3.20. The van der Waals surface area contributed by atoms with Crippen molar-refractivity contribution in [1.82, 2.24) is 0 Å². The minimum Gasteiger partial charge on any atom is -0.481 e. The van der Waals surface area contributed by atoms with Gasteiger partial charge in [0, 0.05) is 5.75 Å². The van der Waals surface area contributed by atoms with Crippen molar-refractivity contribution in [2.24, 2.45) is 0 Å². The van der Waals surface area contributed by atoms with Crippen LogP contribution in [0, 0.1) is 0 Å². The van der Waals surface area contributed by atoms with Gasteiger partial charge in [0.2, 0.25) is 0 Å². The Morgan fingerprint density at radius 3 is 2.60 bits per heavy atom. The number of carbonyl (C=O) groups is 2. The van der Waals surface area contributed by atoms with E-state index in [1.165, 1.54) is 7.11 Å². The van der Waals surface area contributed by atoms with Crippen LogP contribution in [-0.4, -0.2) is 29.2 Å². The molecule has 5 heteroatoms. The first-order chi connectivity index (χ1) is 4.66. The number of ether oxygens (including phenoxy) is 1. The van der Waals surface area contributed by atoms with Gasteiger partial charge in [0.15, 0.2) is 0 Å². The fraction of sp³-hybridized carbons (Fsp3) is 0.600. The molecule has 0 aromatic heterocycles. The average Bonchev–Trinajstić information content (AvgIpc) is 1.87. The van der Waals surface area contributed by atoms with Gasteiger partial charge in [0.05, 0.1) is 13.5 Å². The van der Waals surface area contributed by atoms with Crippen molar-refractivity contribution in [2.75, 3.05) is 12.9 Å². The quantitative estimate of drug-likeness (QED) is 0.629. The van der Waals surface area contributed by atoms with Crippen molar-refractivity contribution < 1.29 is 19.4 Å². The fourth-order valence-corrected chi connectivity index (χ4v) is 0.842. The van der Waals surface area contributed by atoms with Crippen LogP contribution < -0.4 is 0 Å². The summed E-state index contributed by atoms with van der Waals surface area (Å²) in [6, 6.07) is 0. The topological polar surface area (TPSA) is 63.6 Å². The van der Waals surface area contributed by atoms with Gasteiger partial charge in [-0.2, -0.15) is 0 Å². The molecular weight excluding hydrogens is 156 g/mol. The van der Waals surface area contributed by atoms with Crippen LogP contribution in [0.2, 0.25) is 0 Å². The molecule has 0 heterocycles. The number of hydrogen-bond acceptors (Lipinski definition) is 4. The van der Waals surface area contributed by atoms with Gasteiger partial charge in [-0.05, 0) is 11.8 Å². The molecule has 0 saturated carbocycles. The summed E-state index contributed by atoms with van der Waals surface area (Å²) in [7, 11) is 1.26. The van der Waals surface area contributed by atoms with E-state index < -0.39 is 11.3 Å². The van der Waals surface area contributed by atoms with E-state index in [2.05, 4.69) is 4.74 Å². The zero-order valence-electron chi connectivity index (χ0n) is 5.49. The molecule has 4 nitrogen and oxygen atoms in total. The molecule has 0 rings (SSSR count). The average molecular weight is 164 g/mol. The zero-order chi connectivity index (χ0) is 7.98. The van der Waals surface area contributed by atoms with Gasteiger partial charge in [-0.25, -0.2) is 4.79 Å². The molecule has 0 aliphatic carbocycles. The van der Waals surface area contributed by atoms with Gasteiger partial charge >= 0.3 is 11.3 Å². The SMILES string of the molecule is COC(=O)SCCC(=O)O. The lowest BCUT2D eigenvalue weighted by atomic mass is 10.5. The molecule has 0 radical (unpaired) electrons. The van der Waals surface area contributed by atoms with Crippen molar-refractivity contribution in [2.45, 2.75) is 6.42 Å². The van der Waals surface area contributed by atoms with Crippen LogP contribution in [0.4, 0.5) is 4.79 Å². The number of methoxy groups -OCH3 is 1. The van der Waals surface area contributed by atoms with Gasteiger partial charge in [-0.1, -0.05) is 0 Å². The van der Waals surface area contributed by atoms with E-state index in [-0.39, 0.29) is 12.2 Å². The third-order valence-corrected chi connectivity index (χ3v) is 1.51. The maximum absolute atomic E-state index is 10.3. The predicted molar refractivity (Wildman–Crippen MR) is 37.1 cm³/mol. The van der Waals surface area contributed by atoms with E-state index in [1.54, 1.807) is 0 Å². The molecule has 0 amide bonds. The maximum atomic E-state index is 10.3. The van der Waals surface area contributed by atoms with Crippen LogP contribution in [0.5, 0.6) is 0 Å². The van der Waals surface area contributed by atoms with Crippen LogP contribution in [-0.2, 0) is 9.53 Å². The first kappa shape index (κ1) is 9.29. The lowest BCUT2D eigenvalue weighted by Crippen LogP contribution is -1.99. The third kappa shape index (κ3) is 5.43. The Kier molecular flexibility index (Phi) is 4.74. The molecule has 0 unspecified atom stereocenters.